The number of ketones is 1. The summed E-state index contributed by atoms with van der Waals surface area (Å²) in [6.45, 7) is 0. The Morgan fingerprint density at radius 3 is 2.20 bits per heavy atom. The van der Waals surface area contributed by atoms with E-state index in [0.29, 0.717) is 0 Å². The number of carboxylic acids is 1. The third-order valence-electron chi connectivity index (χ3n) is 2.03. The molecular formula is C9H11F2NO3. The average molecular weight is 219 g/mol. The lowest BCUT2D eigenvalue weighted by Gasteiger charge is -2.07. The molecule has 84 valence electrons. The molecule has 0 aromatic heterocycles. The van der Waals surface area contributed by atoms with Gasteiger partial charge in [-0.2, -0.15) is 0 Å². The molecule has 1 aliphatic carbocycles. The molecular weight excluding hydrogens is 208 g/mol. The summed E-state index contributed by atoms with van der Waals surface area (Å²) in [5.74, 6) is -6.96. The minimum Gasteiger partial charge on any atom is -0.478 e. The van der Waals surface area contributed by atoms with E-state index in [2.05, 4.69) is 0 Å². The van der Waals surface area contributed by atoms with Crippen LogP contribution in [0.5, 0.6) is 0 Å². The molecule has 0 radical (unpaired) electrons. The van der Waals surface area contributed by atoms with Crippen molar-refractivity contribution < 1.29 is 23.5 Å². The maximum atomic E-state index is 12.6. The standard InChI is InChI=1S/C9H11F2NO3/c1-12(2)4-5(8(14)15)7(13)6-3-9(6,10)11/h4,6H,3H2,1-2H3,(H,14,15)/b5-4-. The van der Waals surface area contributed by atoms with Crippen LogP contribution >= 0.6 is 0 Å². The van der Waals surface area contributed by atoms with E-state index in [0.717, 1.165) is 6.20 Å². The summed E-state index contributed by atoms with van der Waals surface area (Å²) < 4.78 is 25.1. The minimum absolute atomic E-state index is 0.552. The van der Waals surface area contributed by atoms with E-state index in [1.54, 1.807) is 0 Å². The second-order valence-electron chi connectivity index (χ2n) is 3.69. The van der Waals surface area contributed by atoms with E-state index >= 15 is 0 Å². The highest BCUT2D eigenvalue weighted by atomic mass is 19.3. The number of alkyl halides is 2. The first-order valence-corrected chi connectivity index (χ1v) is 4.29. The first-order valence-electron chi connectivity index (χ1n) is 4.29. The summed E-state index contributed by atoms with van der Waals surface area (Å²) in [5, 5.41) is 8.68. The van der Waals surface area contributed by atoms with Crippen molar-refractivity contribution in [3.63, 3.8) is 0 Å². The molecule has 1 atom stereocenters. The van der Waals surface area contributed by atoms with Gasteiger partial charge in [0.25, 0.3) is 5.92 Å². The average Bonchev–Trinajstić information content (AvgIpc) is 2.69. The molecule has 1 rings (SSSR count). The van der Waals surface area contributed by atoms with Crippen LogP contribution in [0.3, 0.4) is 0 Å². The normalized spacial score (nSPS) is 23.5. The molecule has 0 bridgehead atoms. The van der Waals surface area contributed by atoms with Crippen molar-refractivity contribution in [1.82, 2.24) is 4.90 Å². The van der Waals surface area contributed by atoms with E-state index in [4.69, 9.17) is 5.11 Å². The van der Waals surface area contributed by atoms with Gasteiger partial charge in [0, 0.05) is 26.7 Å². The van der Waals surface area contributed by atoms with Crippen molar-refractivity contribution in [3.8, 4) is 0 Å². The topological polar surface area (TPSA) is 57.6 Å². The lowest BCUT2D eigenvalue weighted by atomic mass is 10.1. The van der Waals surface area contributed by atoms with E-state index in [9.17, 15) is 18.4 Å². The van der Waals surface area contributed by atoms with Gasteiger partial charge < -0.3 is 10.0 Å². The van der Waals surface area contributed by atoms with Crippen LogP contribution < -0.4 is 0 Å². The van der Waals surface area contributed by atoms with Crippen LogP contribution in [0.1, 0.15) is 6.42 Å². The Labute approximate surface area is 85.2 Å². The summed E-state index contributed by atoms with van der Waals surface area (Å²) in [7, 11) is 3.03. The third kappa shape index (κ3) is 2.51. The Kier molecular flexibility index (Phi) is 2.79. The third-order valence-corrected chi connectivity index (χ3v) is 2.03. The Balaban J connectivity index is 2.84. The highest BCUT2D eigenvalue weighted by Crippen LogP contribution is 2.50. The van der Waals surface area contributed by atoms with Crippen LogP contribution in [0.15, 0.2) is 11.8 Å². The quantitative estimate of drug-likeness (QED) is 0.430. The van der Waals surface area contributed by atoms with E-state index in [1.807, 2.05) is 0 Å². The van der Waals surface area contributed by atoms with Gasteiger partial charge in [-0.15, -0.1) is 0 Å². The van der Waals surface area contributed by atoms with Gasteiger partial charge in [0.2, 0.25) is 0 Å². The van der Waals surface area contributed by atoms with Gasteiger partial charge in [-0.25, -0.2) is 13.6 Å². The molecule has 1 saturated carbocycles. The van der Waals surface area contributed by atoms with Crippen molar-refractivity contribution in [3.05, 3.63) is 11.8 Å². The fraction of sp³-hybridized carbons (Fsp3) is 0.556. The van der Waals surface area contributed by atoms with E-state index < -0.39 is 35.6 Å². The van der Waals surface area contributed by atoms with Gasteiger partial charge in [0.15, 0.2) is 5.78 Å². The highest BCUT2D eigenvalue weighted by Gasteiger charge is 2.62. The summed E-state index contributed by atoms with van der Waals surface area (Å²) >= 11 is 0. The lowest BCUT2D eigenvalue weighted by Crippen LogP contribution is -2.20. The van der Waals surface area contributed by atoms with Gasteiger partial charge in [0.05, 0.1) is 5.92 Å². The maximum absolute atomic E-state index is 12.6. The molecule has 1 N–H and O–H groups in total. The SMILES string of the molecule is CN(C)/C=C(\C(=O)O)C(=O)C1CC1(F)F. The Morgan fingerprint density at radius 1 is 1.47 bits per heavy atom. The minimum atomic E-state index is -3.03. The second kappa shape index (κ2) is 3.60. The fourth-order valence-corrected chi connectivity index (χ4v) is 1.17. The molecule has 1 aliphatic rings. The number of nitrogens with zero attached hydrogens (tertiary/aromatic N) is 1. The molecule has 1 fully saturated rings. The highest BCUT2D eigenvalue weighted by molar-refractivity contribution is 6.18. The number of carbonyl (C=O) groups is 2. The smallest absolute Gasteiger partial charge is 0.340 e. The van der Waals surface area contributed by atoms with Crippen molar-refractivity contribution >= 4 is 11.8 Å². The summed E-state index contributed by atoms with van der Waals surface area (Å²) in [4.78, 5) is 23.3. The molecule has 15 heavy (non-hydrogen) atoms. The van der Waals surface area contributed by atoms with Crippen LogP contribution in [0.4, 0.5) is 8.78 Å². The summed E-state index contributed by atoms with van der Waals surface area (Å²) in [5.41, 5.74) is -0.595. The number of rotatable bonds is 4. The van der Waals surface area contributed by atoms with Crippen molar-refractivity contribution in [1.29, 1.82) is 0 Å². The van der Waals surface area contributed by atoms with E-state index in [-0.39, 0.29) is 0 Å². The van der Waals surface area contributed by atoms with Crippen LogP contribution in [0.2, 0.25) is 0 Å². The molecule has 0 spiro atoms. The zero-order valence-electron chi connectivity index (χ0n) is 8.33. The van der Waals surface area contributed by atoms with E-state index in [1.165, 1.54) is 19.0 Å². The van der Waals surface area contributed by atoms with Crippen LogP contribution in [0, 0.1) is 5.92 Å². The van der Waals surface area contributed by atoms with Gasteiger partial charge in [-0.1, -0.05) is 0 Å². The first-order chi connectivity index (χ1) is 6.75. The molecule has 1 unspecified atom stereocenters. The molecule has 6 heteroatoms. The monoisotopic (exact) mass is 219 g/mol. The van der Waals surface area contributed by atoms with Crippen LogP contribution in [-0.2, 0) is 9.59 Å². The zero-order chi connectivity index (χ0) is 11.8. The fourth-order valence-electron chi connectivity index (χ4n) is 1.17. The summed E-state index contributed by atoms with van der Waals surface area (Å²) in [6.07, 6.45) is 0.489. The largest absolute Gasteiger partial charge is 0.478 e. The van der Waals surface area contributed by atoms with Crippen molar-refractivity contribution in [2.75, 3.05) is 14.1 Å². The molecule has 4 nitrogen and oxygen atoms in total. The molecule has 0 aromatic carbocycles. The number of Topliss-reactive ketones (excluding diaryl/α,β-unsaturated/α-hetero) is 1. The molecule has 0 aromatic rings. The summed E-state index contributed by atoms with van der Waals surface area (Å²) in [6, 6.07) is 0. The second-order valence-corrected chi connectivity index (χ2v) is 3.69. The molecule has 0 saturated heterocycles. The number of hydrogen-bond acceptors (Lipinski definition) is 3. The molecule has 0 aliphatic heterocycles. The number of aliphatic carboxylic acids is 1. The number of hydrogen-bond donors (Lipinski definition) is 1. The van der Waals surface area contributed by atoms with Gasteiger partial charge in [-0.05, 0) is 0 Å². The maximum Gasteiger partial charge on any atom is 0.340 e. The number of carboxylic acid groups (broad SMARTS) is 1. The van der Waals surface area contributed by atoms with Crippen LogP contribution in [-0.4, -0.2) is 41.8 Å². The van der Waals surface area contributed by atoms with Crippen molar-refractivity contribution in [2.45, 2.75) is 12.3 Å². The predicted molar refractivity (Wildman–Crippen MR) is 47.5 cm³/mol. The Bertz CT molecular complexity index is 336. The Morgan fingerprint density at radius 2 is 1.93 bits per heavy atom. The first kappa shape index (κ1) is 11.6. The van der Waals surface area contributed by atoms with Gasteiger partial charge in [-0.3, -0.25) is 4.79 Å². The zero-order valence-corrected chi connectivity index (χ0v) is 8.33. The predicted octanol–water partition coefficient (Wildman–Crippen LogP) is 0.741. The van der Waals surface area contributed by atoms with Crippen LogP contribution in [0.25, 0.3) is 0 Å². The Hall–Kier alpha value is -1.46. The lowest BCUT2D eigenvalue weighted by molar-refractivity contribution is -0.135. The molecule has 0 heterocycles. The van der Waals surface area contributed by atoms with Gasteiger partial charge in [0.1, 0.15) is 5.57 Å². The van der Waals surface area contributed by atoms with Gasteiger partial charge >= 0.3 is 5.97 Å². The van der Waals surface area contributed by atoms with Crippen molar-refractivity contribution in [2.24, 2.45) is 5.92 Å². The number of halogens is 2. The number of carbonyl (C=O) groups excluding carboxylic acids is 1. The molecule has 0 amide bonds.